The van der Waals surface area contributed by atoms with Crippen LogP contribution in [0.1, 0.15) is 172 Å². The molecule has 14 aromatic rings. The number of hydrogen-bond acceptors (Lipinski definition) is 6. The highest BCUT2D eigenvalue weighted by Crippen LogP contribution is 2.50. The highest BCUT2D eigenvalue weighted by molar-refractivity contribution is 7.05. The van der Waals surface area contributed by atoms with Crippen LogP contribution in [0.2, 0.25) is 26.2 Å². The molecule has 6 nitrogen and oxygen atoms in total. The average Bonchev–Trinajstić information content (AvgIpc) is 1.55. The Kier molecular flexibility index (Phi) is 20.3. The second kappa shape index (κ2) is 29.2. The summed E-state index contributed by atoms with van der Waals surface area (Å²) >= 11 is 0. The lowest BCUT2D eigenvalue weighted by Crippen LogP contribution is -2.49. The van der Waals surface area contributed by atoms with E-state index in [0.717, 1.165) is 68.2 Å². The van der Waals surface area contributed by atoms with Crippen molar-refractivity contribution in [2.45, 2.75) is 214 Å². The van der Waals surface area contributed by atoms with Gasteiger partial charge in [0.05, 0.1) is 22.7 Å². The summed E-state index contributed by atoms with van der Waals surface area (Å²) in [5, 5.41) is 8.08. The molecule has 12 aromatic carbocycles. The van der Waals surface area contributed by atoms with Crippen molar-refractivity contribution >= 4 is 127 Å². The minimum absolute atomic E-state index is 0.0225. The molecule has 0 saturated carbocycles. The van der Waals surface area contributed by atoms with Crippen LogP contribution in [-0.4, -0.2) is 16.1 Å². The molecule has 0 fully saturated rings. The summed E-state index contributed by atoms with van der Waals surface area (Å²) < 4.78 is 14.0. The Bertz CT molecular complexity index is 5950. The predicted octanol–water partition coefficient (Wildman–Crippen LogP) is 29.2. The zero-order chi connectivity index (χ0) is 83.3. The molecule has 16 rings (SSSR count). The van der Waals surface area contributed by atoms with Crippen molar-refractivity contribution in [2.24, 2.45) is 0 Å². The van der Waals surface area contributed by atoms with E-state index in [1.807, 2.05) is 0 Å². The number of aryl methyl sites for hydroxylation is 12. The van der Waals surface area contributed by atoms with Crippen LogP contribution in [-0.2, 0) is 21.7 Å². The molecular formula is C108H120N4O2Si2. The van der Waals surface area contributed by atoms with Crippen LogP contribution in [0.15, 0.2) is 227 Å². The molecule has 0 bridgehead atoms. The number of anilines is 12. The van der Waals surface area contributed by atoms with Gasteiger partial charge in [-0.1, -0.05) is 241 Å². The molecule has 2 aromatic heterocycles. The Labute approximate surface area is 694 Å². The average molecular weight is 1560 g/mol. The Hall–Kier alpha value is -10.6. The summed E-state index contributed by atoms with van der Waals surface area (Å²) in [6, 6.07) is 82.9. The number of rotatable bonds is 12. The van der Waals surface area contributed by atoms with E-state index in [4.69, 9.17) is 8.83 Å². The first-order valence-electron chi connectivity index (χ1n) is 41.9. The summed E-state index contributed by atoms with van der Waals surface area (Å²) in [5.41, 5.74) is 39.4. The van der Waals surface area contributed by atoms with Gasteiger partial charge in [-0.25, -0.2) is 0 Å². The van der Waals surface area contributed by atoms with E-state index >= 15 is 0 Å². The maximum atomic E-state index is 7.02. The van der Waals surface area contributed by atoms with Gasteiger partial charge in [-0.15, -0.1) is 0 Å². The van der Waals surface area contributed by atoms with Crippen molar-refractivity contribution in [3.05, 3.63) is 307 Å². The minimum Gasteiger partial charge on any atom is -0.456 e. The lowest BCUT2D eigenvalue weighted by atomic mass is 9.86. The molecule has 4 heterocycles. The quantitative estimate of drug-likeness (QED) is 0.114. The van der Waals surface area contributed by atoms with Crippen LogP contribution in [0.3, 0.4) is 0 Å². The number of furan rings is 2. The molecule has 0 unspecified atom stereocenters. The Balaban J connectivity index is 0.000000183. The third kappa shape index (κ3) is 14.5. The lowest BCUT2D eigenvalue weighted by Gasteiger charge is -2.32. The van der Waals surface area contributed by atoms with Crippen molar-refractivity contribution in [1.82, 2.24) is 0 Å². The zero-order valence-corrected chi connectivity index (χ0v) is 76.4. The number of benzene rings is 12. The Morgan fingerprint density at radius 2 is 0.491 bits per heavy atom. The largest absolute Gasteiger partial charge is 0.456 e. The Morgan fingerprint density at radius 3 is 0.793 bits per heavy atom. The van der Waals surface area contributed by atoms with Crippen molar-refractivity contribution in [3.8, 4) is 22.6 Å². The first-order chi connectivity index (χ1) is 54.5. The molecule has 0 atom stereocenters. The van der Waals surface area contributed by atoms with Gasteiger partial charge in [0.25, 0.3) is 0 Å². The maximum Gasteiger partial charge on any atom is 0.135 e. The molecular weight excluding hydrogens is 1440 g/mol. The highest BCUT2D eigenvalue weighted by Gasteiger charge is 2.45. The molecule has 0 N–H and O–H groups in total. The van der Waals surface area contributed by atoms with E-state index in [1.54, 1.807) is 0 Å². The van der Waals surface area contributed by atoms with Crippen molar-refractivity contribution < 1.29 is 8.83 Å². The summed E-state index contributed by atoms with van der Waals surface area (Å²) in [6.45, 7) is 64.1. The van der Waals surface area contributed by atoms with Crippen molar-refractivity contribution in [2.75, 3.05) is 19.6 Å². The summed E-state index contributed by atoms with van der Waals surface area (Å²) in [7, 11) is -4.35. The molecule has 0 spiro atoms. The molecule has 2 aliphatic rings. The van der Waals surface area contributed by atoms with Gasteiger partial charge in [-0.3, -0.25) is 0 Å². The monoisotopic (exact) mass is 1560 g/mol. The molecule has 116 heavy (non-hydrogen) atoms. The van der Waals surface area contributed by atoms with Crippen LogP contribution in [0.25, 0.3) is 44.6 Å². The van der Waals surface area contributed by atoms with E-state index in [0.29, 0.717) is 0 Å². The van der Waals surface area contributed by atoms with E-state index in [-0.39, 0.29) is 21.7 Å². The summed E-state index contributed by atoms with van der Waals surface area (Å²) in [6.07, 6.45) is 0. The summed E-state index contributed by atoms with van der Waals surface area (Å²) in [4.78, 5) is 9.85. The van der Waals surface area contributed by atoms with Gasteiger partial charge in [0, 0.05) is 67.4 Å². The first-order valence-corrected chi connectivity index (χ1v) is 47.9. The molecule has 8 heteroatoms. The van der Waals surface area contributed by atoms with Gasteiger partial charge >= 0.3 is 0 Å². The number of fused-ring (bicyclic) bond motifs is 10. The topological polar surface area (TPSA) is 39.2 Å². The van der Waals surface area contributed by atoms with E-state index in [1.165, 1.54) is 154 Å². The smallest absolute Gasteiger partial charge is 0.135 e. The summed E-state index contributed by atoms with van der Waals surface area (Å²) in [5.74, 6) is 2.06. The van der Waals surface area contributed by atoms with Gasteiger partial charge in [0.15, 0.2) is 0 Å². The Morgan fingerprint density at radius 1 is 0.241 bits per heavy atom. The van der Waals surface area contributed by atoms with Gasteiger partial charge in [-0.2, -0.15) is 0 Å². The normalized spacial score (nSPS) is 13.5. The predicted molar refractivity (Wildman–Crippen MR) is 507 cm³/mol. The van der Waals surface area contributed by atoms with E-state index in [2.05, 4.69) is 430 Å². The minimum atomic E-state index is -2.18. The molecule has 0 saturated heterocycles. The lowest BCUT2D eigenvalue weighted by molar-refractivity contribution is 0.590. The molecule has 592 valence electrons. The second-order valence-corrected chi connectivity index (χ2v) is 47.8. The van der Waals surface area contributed by atoms with Gasteiger partial charge in [0.1, 0.15) is 38.8 Å². The van der Waals surface area contributed by atoms with Crippen molar-refractivity contribution in [1.29, 1.82) is 0 Å². The van der Waals surface area contributed by atoms with Gasteiger partial charge in [-0.05, 0) is 301 Å². The van der Waals surface area contributed by atoms with Crippen LogP contribution in [0.4, 0.5) is 68.2 Å². The fourth-order valence-corrected chi connectivity index (χ4v) is 25.8. The number of hydrogen-bond donors (Lipinski definition) is 0. The third-order valence-corrected chi connectivity index (χ3v) is 31.9. The van der Waals surface area contributed by atoms with Crippen LogP contribution < -0.4 is 40.3 Å². The van der Waals surface area contributed by atoms with Crippen molar-refractivity contribution in [3.63, 3.8) is 0 Å². The van der Waals surface area contributed by atoms with Crippen LogP contribution >= 0.6 is 0 Å². The maximum absolute atomic E-state index is 7.02. The fraction of sp³-hybridized carbons (Fsp3) is 0.296. The number of nitrogens with zero attached hydrogens (tertiary/aromatic N) is 4. The van der Waals surface area contributed by atoms with Crippen LogP contribution in [0.5, 0.6) is 0 Å². The van der Waals surface area contributed by atoms with Gasteiger partial charge < -0.3 is 28.4 Å². The molecule has 2 aliphatic heterocycles. The third-order valence-electron chi connectivity index (χ3n) is 24.8. The standard InChI is InChI=1S/C56H64N2OSi.C52H56N2OSi/c1-53(2,3)37-18-24-41(25-19-37)57(42-26-20-38(21-27-42)54(4,5)6)45-30-32-49-47(35-45)52-51(59-49)48-36-46(31-33-50(48)60(52,13)14)58(43-28-22-39(23-29-43)55(7,8)9)44-17-15-16-40(34-44)56(10,11)12;1-29-19-33(5)47(34(6)20-29)53(48-35(7)21-30(2)22-36(48)8)41-15-17-45-43(27-41)52-51(55-45)44-28-42(16-18-46(44)56(52,13)14)54(49-37(9)23-31(3)24-38(49)10)50-39(11)25-32(4)26-40(50)12/h15-36H,1-14H3;15-28H,1-14H3. The van der Waals surface area contributed by atoms with E-state index < -0.39 is 16.1 Å². The molecule has 0 amide bonds. The second-order valence-electron chi connectivity index (χ2n) is 39.2. The van der Waals surface area contributed by atoms with Gasteiger partial charge in [0.2, 0.25) is 0 Å². The SMILES string of the molecule is CC(C)(C)c1ccc(N(c2cccc(C(C)(C)C)c2)c2ccc3c(c2)-c2oc4ccc(N(c5ccc(C(C)(C)C)cc5)c5ccc(C(C)(C)C)cc5)cc4c2[Si]3(C)C)cc1.Cc1cc(C)c(N(c2ccc3c(c2)-c2oc4ccc(N(c5c(C)cc(C)cc5C)c5c(C)cc(C)cc5C)cc4c2[Si]3(C)C)c2c(C)cc(C)cc2C)c(C)c1. The zero-order valence-electron chi connectivity index (χ0n) is 74.4. The molecule has 0 radical (unpaired) electrons. The van der Waals surface area contributed by atoms with E-state index in [9.17, 15) is 0 Å². The van der Waals surface area contributed by atoms with Crippen LogP contribution in [0, 0.1) is 83.1 Å². The first kappa shape index (κ1) is 80.5. The molecule has 0 aliphatic carbocycles. The fourth-order valence-electron chi connectivity index (χ4n) is 19.3. The highest BCUT2D eigenvalue weighted by atomic mass is 28.3.